The molecule has 0 bridgehead atoms. The molecule has 0 aliphatic carbocycles. The van der Waals surface area contributed by atoms with Crippen molar-refractivity contribution in [1.82, 2.24) is 34.8 Å². The number of nitrogens with zero attached hydrogens (tertiary/aromatic N) is 7. The van der Waals surface area contributed by atoms with Gasteiger partial charge in [0.25, 0.3) is 0 Å². The molecule has 8 aromatic rings. The summed E-state index contributed by atoms with van der Waals surface area (Å²) in [5, 5.41) is 22.8. The van der Waals surface area contributed by atoms with Crippen LogP contribution in [0.4, 0.5) is 4.79 Å². The zero-order valence-corrected chi connectivity index (χ0v) is 59.9. The lowest BCUT2D eigenvalue weighted by atomic mass is 9.86. The Morgan fingerprint density at radius 2 is 0.758 bits per heavy atom. The molecule has 8 rings (SSSR count). The average molecular weight is 1290 g/mol. The van der Waals surface area contributed by atoms with Gasteiger partial charge >= 0.3 is 12.1 Å². The van der Waals surface area contributed by atoms with E-state index in [0.29, 0.717) is 58.4 Å². The van der Waals surface area contributed by atoms with Crippen molar-refractivity contribution < 1.29 is 34.0 Å². The number of esters is 1. The highest BCUT2D eigenvalue weighted by Crippen LogP contribution is 2.39. The Morgan fingerprint density at radius 3 is 1.12 bits per heavy atom. The summed E-state index contributed by atoms with van der Waals surface area (Å²) in [4.78, 5) is 55.9. The Balaban J connectivity index is 0.000000269. The van der Waals surface area contributed by atoms with Crippen LogP contribution in [0, 0.1) is 0 Å². The van der Waals surface area contributed by atoms with Gasteiger partial charge < -0.3 is 29.3 Å². The van der Waals surface area contributed by atoms with Crippen molar-refractivity contribution in [2.75, 3.05) is 26.8 Å². The molecule has 14 heteroatoms. The Labute approximate surface area is 566 Å². The SMILES string of the molecule is CCCCCCc1cc(-c2nc(-c3ccc(C(C)(C)C)cc3)nc(-c3ccc(C(C)(C)C)cc3)n2)c(O)cc1COC(=O)N(C)CCCC.CCCCCCc1cc(-c2nc(-c3ccc(C(C)(C)C)cc3)nc(-c3ccc(C(C)(C)C)cc3)n2)c(O)cc1OCC(=O)OCC. The number of hydrogen-bond acceptors (Lipinski definition) is 13. The zero-order valence-electron chi connectivity index (χ0n) is 59.9. The second-order valence-corrected chi connectivity index (χ2v) is 29.1. The fourth-order valence-corrected chi connectivity index (χ4v) is 10.9. The molecule has 0 fully saturated rings. The van der Waals surface area contributed by atoms with Gasteiger partial charge in [-0.15, -0.1) is 0 Å². The summed E-state index contributed by atoms with van der Waals surface area (Å²) >= 11 is 0. The molecule has 0 atom stereocenters. The summed E-state index contributed by atoms with van der Waals surface area (Å²) in [5.74, 6) is 2.88. The van der Waals surface area contributed by atoms with Crippen LogP contribution >= 0.6 is 0 Å². The number of unbranched alkanes of at least 4 members (excludes halogenated alkanes) is 7. The van der Waals surface area contributed by atoms with Crippen molar-refractivity contribution in [3.63, 3.8) is 0 Å². The van der Waals surface area contributed by atoms with Gasteiger partial charge in [-0.3, -0.25) is 0 Å². The molecule has 0 aliphatic rings. The highest BCUT2D eigenvalue weighted by Gasteiger charge is 2.24. The summed E-state index contributed by atoms with van der Waals surface area (Å²) in [7, 11) is 1.76. The van der Waals surface area contributed by atoms with E-state index in [0.717, 1.165) is 116 Å². The monoisotopic (exact) mass is 1290 g/mol. The third kappa shape index (κ3) is 21.0. The summed E-state index contributed by atoms with van der Waals surface area (Å²) in [6.45, 7) is 35.3. The predicted octanol–water partition coefficient (Wildman–Crippen LogP) is 19.9. The maximum atomic E-state index is 12.7. The van der Waals surface area contributed by atoms with Gasteiger partial charge in [-0.25, -0.2) is 39.5 Å². The summed E-state index contributed by atoms with van der Waals surface area (Å²) in [5.41, 5.74) is 12.1. The van der Waals surface area contributed by atoms with Gasteiger partial charge in [-0.05, 0) is 118 Å². The number of aryl methyl sites for hydroxylation is 2. The first-order valence-electron chi connectivity index (χ1n) is 34.3. The van der Waals surface area contributed by atoms with E-state index >= 15 is 0 Å². The van der Waals surface area contributed by atoms with Crippen LogP contribution in [0.25, 0.3) is 68.3 Å². The standard InChI is InChI=1S/C42H56N4O3.C39H49N3O4/c1-10-12-14-15-16-31-26-35(36(47)27-32(31)28-49-40(48)46(9)25-13-11-2)39-44-37(29-17-21-33(22-18-29)41(3,4)5)43-38(45-39)30-19-23-34(24-20-30)42(6,7)8;1-9-11-12-13-14-28-23-31(32(43)24-33(28)46-25-34(44)45-10-2)37-41-35(26-15-19-29(20-16-26)38(3,4)5)40-36(42-37)27-17-21-30(22-18-27)39(6,7)8/h17-24,26-27,47H,10-16,25,28H2,1-9H3;15-24,43H,9-14,25H2,1-8H3. The van der Waals surface area contributed by atoms with E-state index in [1.54, 1.807) is 31.0 Å². The molecule has 0 saturated heterocycles. The highest BCUT2D eigenvalue weighted by molar-refractivity contribution is 5.75. The number of aromatic hydroxyl groups is 2. The third-order valence-electron chi connectivity index (χ3n) is 17.0. The fraction of sp³-hybridized carbons (Fsp3) is 0.457. The first-order valence-corrected chi connectivity index (χ1v) is 34.3. The van der Waals surface area contributed by atoms with Crippen molar-refractivity contribution in [1.29, 1.82) is 0 Å². The molecular weight excluding hydrogens is 1180 g/mol. The molecule has 2 aromatic heterocycles. The van der Waals surface area contributed by atoms with Gasteiger partial charge in [-0.1, -0.05) is 246 Å². The first kappa shape index (κ1) is 73.9. The molecule has 0 aliphatic heterocycles. The van der Waals surface area contributed by atoms with E-state index in [2.05, 4.69) is 177 Å². The van der Waals surface area contributed by atoms with Crippen molar-refractivity contribution in [3.05, 3.63) is 160 Å². The number of carbonyl (C=O) groups excluding carboxylic acids is 2. The van der Waals surface area contributed by atoms with Crippen molar-refractivity contribution in [3.8, 4) is 85.6 Å². The van der Waals surface area contributed by atoms with Crippen LogP contribution in [-0.4, -0.2) is 83.9 Å². The molecular formula is C81H105N7O7. The van der Waals surface area contributed by atoms with E-state index in [-0.39, 0.29) is 59.1 Å². The summed E-state index contributed by atoms with van der Waals surface area (Å²) in [6, 6.07) is 40.4. The normalized spacial score (nSPS) is 11.8. The van der Waals surface area contributed by atoms with Gasteiger partial charge in [0.1, 0.15) is 23.9 Å². The second-order valence-electron chi connectivity index (χ2n) is 29.1. The quantitative estimate of drug-likeness (QED) is 0.0408. The number of phenols is 2. The first-order chi connectivity index (χ1) is 45.0. The van der Waals surface area contributed by atoms with Crippen molar-refractivity contribution in [2.24, 2.45) is 0 Å². The molecule has 506 valence electrons. The average Bonchev–Trinajstić information content (AvgIpc) is 0.793. The van der Waals surface area contributed by atoms with E-state index in [1.165, 1.54) is 22.3 Å². The topological polar surface area (TPSA) is 183 Å². The van der Waals surface area contributed by atoms with Gasteiger partial charge in [0, 0.05) is 41.9 Å². The van der Waals surface area contributed by atoms with E-state index in [1.807, 2.05) is 36.4 Å². The minimum atomic E-state index is -0.454. The number of carbonyl (C=O) groups is 2. The minimum Gasteiger partial charge on any atom is -0.507 e. The smallest absolute Gasteiger partial charge is 0.409 e. The predicted molar refractivity (Wildman–Crippen MR) is 386 cm³/mol. The minimum absolute atomic E-state index is 0.0131. The molecule has 1 amide bonds. The Morgan fingerprint density at radius 1 is 0.411 bits per heavy atom. The van der Waals surface area contributed by atoms with E-state index < -0.39 is 5.97 Å². The van der Waals surface area contributed by atoms with Gasteiger partial charge in [-0.2, -0.15) is 0 Å². The third-order valence-corrected chi connectivity index (χ3v) is 17.0. The lowest BCUT2D eigenvalue weighted by Gasteiger charge is -2.20. The Kier molecular flexibility index (Phi) is 25.8. The highest BCUT2D eigenvalue weighted by atomic mass is 16.6. The molecule has 0 radical (unpaired) electrons. The summed E-state index contributed by atoms with van der Waals surface area (Å²) in [6.07, 6.45) is 11.7. The number of rotatable bonds is 25. The largest absolute Gasteiger partial charge is 0.507 e. The Hall–Kier alpha value is -8.52. The van der Waals surface area contributed by atoms with Crippen LogP contribution in [0.15, 0.2) is 121 Å². The Bertz CT molecular complexity index is 3650. The number of amides is 1. The summed E-state index contributed by atoms with van der Waals surface area (Å²) < 4.78 is 16.6. The van der Waals surface area contributed by atoms with Crippen LogP contribution < -0.4 is 4.74 Å². The molecule has 2 N–H and O–H groups in total. The van der Waals surface area contributed by atoms with Crippen LogP contribution in [0.3, 0.4) is 0 Å². The van der Waals surface area contributed by atoms with E-state index in [9.17, 15) is 19.8 Å². The van der Waals surface area contributed by atoms with Crippen LogP contribution in [0.5, 0.6) is 17.2 Å². The second kappa shape index (κ2) is 33.2. The fourth-order valence-electron chi connectivity index (χ4n) is 10.9. The van der Waals surface area contributed by atoms with Crippen molar-refractivity contribution >= 4 is 12.1 Å². The van der Waals surface area contributed by atoms with Crippen LogP contribution in [0.1, 0.15) is 214 Å². The number of hydrogen-bond donors (Lipinski definition) is 2. The lowest BCUT2D eigenvalue weighted by molar-refractivity contribution is -0.145. The van der Waals surface area contributed by atoms with Crippen LogP contribution in [-0.2, 0) is 55.4 Å². The molecule has 6 aromatic carbocycles. The van der Waals surface area contributed by atoms with E-state index in [4.69, 9.17) is 44.1 Å². The number of ether oxygens (including phenoxy) is 3. The maximum Gasteiger partial charge on any atom is 0.409 e. The van der Waals surface area contributed by atoms with Gasteiger partial charge in [0.2, 0.25) is 0 Å². The number of phenolic OH excluding ortho intramolecular Hbond substituents is 2. The zero-order chi connectivity index (χ0) is 69.3. The van der Waals surface area contributed by atoms with Gasteiger partial charge in [0.05, 0.1) is 17.7 Å². The number of benzene rings is 6. The molecule has 0 unspecified atom stereocenters. The molecule has 0 spiro atoms. The molecule has 0 saturated carbocycles. The molecule has 14 nitrogen and oxygen atoms in total. The molecule has 2 heterocycles. The number of aromatic nitrogens is 6. The molecule has 95 heavy (non-hydrogen) atoms. The van der Waals surface area contributed by atoms with Crippen LogP contribution in [0.2, 0.25) is 0 Å². The lowest BCUT2D eigenvalue weighted by Crippen LogP contribution is -2.28. The van der Waals surface area contributed by atoms with Crippen molar-refractivity contribution in [2.45, 2.75) is 216 Å². The maximum absolute atomic E-state index is 12.7. The van der Waals surface area contributed by atoms with Gasteiger partial charge in [0.15, 0.2) is 41.6 Å².